The zero-order chi connectivity index (χ0) is 24.2. The fraction of sp³-hybridized carbons (Fsp3) is 0.520. The Morgan fingerprint density at radius 3 is 2.71 bits per heavy atom. The third-order valence-electron chi connectivity index (χ3n) is 7.17. The molecule has 1 aliphatic carbocycles. The second kappa shape index (κ2) is 8.14. The van der Waals surface area contributed by atoms with E-state index < -0.39 is 11.5 Å². The van der Waals surface area contributed by atoms with Crippen molar-refractivity contribution >= 4 is 35.0 Å². The number of hydrogen-bond acceptors (Lipinski definition) is 7. The quantitative estimate of drug-likeness (QED) is 0.696. The number of aromatic nitrogens is 2. The predicted molar refractivity (Wildman–Crippen MR) is 131 cm³/mol. The van der Waals surface area contributed by atoms with E-state index in [9.17, 15) is 9.59 Å². The normalized spacial score (nSPS) is 21.3. The average Bonchev–Trinajstić information content (AvgIpc) is 3.43. The van der Waals surface area contributed by atoms with Crippen molar-refractivity contribution in [3.05, 3.63) is 29.5 Å². The van der Waals surface area contributed by atoms with Gasteiger partial charge in [-0.25, -0.2) is 4.98 Å². The zero-order valence-corrected chi connectivity index (χ0v) is 20.2. The summed E-state index contributed by atoms with van der Waals surface area (Å²) in [6, 6.07) is 3.57. The first-order valence-corrected chi connectivity index (χ1v) is 12.0. The van der Waals surface area contributed by atoms with Gasteiger partial charge in [-0.3, -0.25) is 9.59 Å². The van der Waals surface area contributed by atoms with E-state index in [1.165, 1.54) is 12.8 Å². The highest BCUT2D eigenvalue weighted by molar-refractivity contribution is 6.04. The second-order valence-corrected chi connectivity index (χ2v) is 10.1. The lowest BCUT2D eigenvalue weighted by Crippen LogP contribution is -2.55. The van der Waals surface area contributed by atoms with E-state index in [0.29, 0.717) is 35.4 Å². The van der Waals surface area contributed by atoms with Crippen molar-refractivity contribution in [2.45, 2.75) is 77.0 Å². The number of primary amides is 1. The van der Waals surface area contributed by atoms with Crippen LogP contribution in [0, 0.1) is 0 Å². The summed E-state index contributed by atoms with van der Waals surface area (Å²) in [6.07, 6.45) is 7.46. The highest BCUT2D eigenvalue weighted by Crippen LogP contribution is 2.44. The molecule has 0 unspecified atom stereocenters. The molecule has 1 aromatic carbocycles. The molecule has 34 heavy (non-hydrogen) atoms. The number of anilines is 4. The van der Waals surface area contributed by atoms with E-state index in [1.807, 2.05) is 20.8 Å². The molecular weight excluding hydrogens is 432 g/mol. The first kappa shape index (κ1) is 22.4. The SMILES string of the molecule is CC[C@@H]1C(=O)N(C)c2cnc(Nc3ccc(C(N)=O)c4c3OC(C)(C)C4)nc2N1C1CCCC1. The van der Waals surface area contributed by atoms with Gasteiger partial charge in [0.05, 0.1) is 11.9 Å². The minimum Gasteiger partial charge on any atom is -0.485 e. The van der Waals surface area contributed by atoms with Crippen molar-refractivity contribution in [1.82, 2.24) is 9.97 Å². The van der Waals surface area contributed by atoms with Crippen molar-refractivity contribution in [2.75, 3.05) is 22.2 Å². The van der Waals surface area contributed by atoms with E-state index in [-0.39, 0.29) is 11.9 Å². The van der Waals surface area contributed by atoms with Gasteiger partial charge in [0.2, 0.25) is 17.8 Å². The maximum atomic E-state index is 13.1. The van der Waals surface area contributed by atoms with E-state index >= 15 is 0 Å². The monoisotopic (exact) mass is 464 g/mol. The number of carbonyl (C=O) groups excluding carboxylic acids is 2. The molecule has 1 saturated carbocycles. The lowest BCUT2D eigenvalue weighted by atomic mass is 9.96. The van der Waals surface area contributed by atoms with Gasteiger partial charge in [-0.1, -0.05) is 19.8 Å². The molecular formula is C25H32N6O3. The summed E-state index contributed by atoms with van der Waals surface area (Å²) in [5, 5.41) is 3.30. The Hall–Kier alpha value is -3.36. The van der Waals surface area contributed by atoms with E-state index in [2.05, 4.69) is 15.2 Å². The van der Waals surface area contributed by atoms with Gasteiger partial charge < -0.3 is 25.6 Å². The summed E-state index contributed by atoms with van der Waals surface area (Å²) in [6.45, 7) is 6.01. The fourth-order valence-electron chi connectivity index (χ4n) is 5.55. The zero-order valence-electron chi connectivity index (χ0n) is 20.2. The van der Waals surface area contributed by atoms with E-state index in [4.69, 9.17) is 15.5 Å². The van der Waals surface area contributed by atoms with Gasteiger partial charge in [-0.05, 0) is 45.2 Å². The van der Waals surface area contributed by atoms with E-state index in [1.54, 1.807) is 30.3 Å². The summed E-state index contributed by atoms with van der Waals surface area (Å²) in [7, 11) is 1.79. The van der Waals surface area contributed by atoms with Crippen molar-refractivity contribution in [1.29, 1.82) is 0 Å². The predicted octanol–water partition coefficient (Wildman–Crippen LogP) is 3.54. The maximum absolute atomic E-state index is 13.1. The standard InChI is InChI=1S/C25H32N6O3/c1-5-18-23(33)30(4)19-13-27-24(29-22(19)31(18)14-8-6-7-9-14)28-17-11-10-15(21(26)32)16-12-25(2,3)34-20(16)17/h10-11,13-14,18H,5-9,12H2,1-4H3,(H2,26,32)(H,27,28,29)/t18-/m1/s1. The Morgan fingerprint density at radius 2 is 2.03 bits per heavy atom. The first-order chi connectivity index (χ1) is 16.2. The lowest BCUT2D eigenvalue weighted by molar-refractivity contribution is -0.120. The maximum Gasteiger partial charge on any atom is 0.249 e. The molecule has 0 radical (unpaired) electrons. The number of ether oxygens (including phenoxy) is 1. The van der Waals surface area contributed by atoms with Crippen LogP contribution in [-0.4, -0.2) is 46.5 Å². The largest absolute Gasteiger partial charge is 0.485 e. The summed E-state index contributed by atoms with van der Waals surface area (Å²) in [4.78, 5) is 38.4. The molecule has 2 aromatic rings. The highest BCUT2D eigenvalue weighted by Gasteiger charge is 2.41. The molecule has 1 atom stereocenters. The van der Waals surface area contributed by atoms with Crippen molar-refractivity contribution in [3.63, 3.8) is 0 Å². The minimum atomic E-state index is -0.473. The molecule has 0 bridgehead atoms. The fourth-order valence-corrected chi connectivity index (χ4v) is 5.55. The Bertz CT molecular complexity index is 1160. The van der Waals surface area contributed by atoms with Gasteiger partial charge in [0.15, 0.2) is 5.82 Å². The number of rotatable bonds is 5. The second-order valence-electron chi connectivity index (χ2n) is 10.1. The van der Waals surface area contributed by atoms with Crippen molar-refractivity contribution < 1.29 is 14.3 Å². The molecule has 3 aliphatic rings. The van der Waals surface area contributed by atoms with Crippen LogP contribution in [0.4, 0.5) is 23.1 Å². The number of hydrogen-bond donors (Lipinski definition) is 2. The first-order valence-electron chi connectivity index (χ1n) is 12.0. The molecule has 0 saturated heterocycles. The molecule has 9 heteroatoms. The van der Waals surface area contributed by atoms with Crippen molar-refractivity contribution in [3.8, 4) is 5.75 Å². The summed E-state index contributed by atoms with van der Waals surface area (Å²) < 4.78 is 6.18. The third-order valence-corrected chi connectivity index (χ3v) is 7.17. The van der Waals surface area contributed by atoms with Crippen molar-refractivity contribution in [2.24, 2.45) is 5.73 Å². The van der Waals surface area contributed by atoms with Gasteiger partial charge in [0.25, 0.3) is 0 Å². The van der Waals surface area contributed by atoms with Gasteiger partial charge in [0, 0.05) is 30.6 Å². The van der Waals surface area contributed by atoms with Crippen LogP contribution in [0.15, 0.2) is 18.3 Å². The molecule has 0 spiro atoms. The van der Waals surface area contributed by atoms with E-state index in [0.717, 1.165) is 36.3 Å². The Morgan fingerprint density at radius 1 is 1.29 bits per heavy atom. The number of nitrogens with one attached hydrogen (secondary N) is 1. The molecule has 2 amide bonds. The number of nitrogens with two attached hydrogens (primary N) is 1. The number of benzene rings is 1. The van der Waals surface area contributed by atoms with Crippen LogP contribution in [0.1, 0.15) is 68.8 Å². The number of likely N-dealkylation sites (N-methyl/N-ethyl adjacent to an activating group) is 1. The molecule has 3 heterocycles. The topological polar surface area (TPSA) is 114 Å². The third kappa shape index (κ3) is 3.63. The average molecular weight is 465 g/mol. The Labute approximate surface area is 199 Å². The molecule has 180 valence electrons. The number of fused-ring (bicyclic) bond motifs is 2. The molecule has 5 rings (SSSR count). The molecule has 1 aromatic heterocycles. The number of nitrogens with zero attached hydrogens (tertiary/aromatic N) is 4. The summed E-state index contributed by atoms with van der Waals surface area (Å²) in [5.74, 6) is 1.42. The molecule has 9 nitrogen and oxygen atoms in total. The summed E-state index contributed by atoms with van der Waals surface area (Å²) in [5.41, 5.74) is 7.83. The van der Waals surface area contributed by atoms with Gasteiger partial charge >= 0.3 is 0 Å². The van der Waals surface area contributed by atoms with Crippen LogP contribution < -0.4 is 25.6 Å². The van der Waals surface area contributed by atoms with Crippen LogP contribution in [0.3, 0.4) is 0 Å². The number of carbonyl (C=O) groups is 2. The minimum absolute atomic E-state index is 0.0849. The van der Waals surface area contributed by atoms with Gasteiger partial charge in [-0.15, -0.1) is 0 Å². The van der Waals surface area contributed by atoms with Crippen LogP contribution in [0.2, 0.25) is 0 Å². The molecule has 2 aliphatic heterocycles. The molecule has 1 fully saturated rings. The summed E-state index contributed by atoms with van der Waals surface area (Å²) >= 11 is 0. The van der Waals surface area contributed by atoms with Gasteiger partial charge in [-0.2, -0.15) is 4.98 Å². The van der Waals surface area contributed by atoms with Crippen LogP contribution in [-0.2, 0) is 11.2 Å². The Kier molecular flexibility index (Phi) is 5.37. The van der Waals surface area contributed by atoms with Crippen LogP contribution >= 0.6 is 0 Å². The smallest absolute Gasteiger partial charge is 0.249 e. The van der Waals surface area contributed by atoms with Crippen LogP contribution in [0.25, 0.3) is 0 Å². The van der Waals surface area contributed by atoms with Crippen LogP contribution in [0.5, 0.6) is 5.75 Å². The Balaban J connectivity index is 1.55. The molecule has 3 N–H and O–H groups in total. The lowest BCUT2D eigenvalue weighted by Gasteiger charge is -2.43. The van der Waals surface area contributed by atoms with Gasteiger partial charge in [0.1, 0.15) is 23.1 Å². The number of amides is 2. The highest BCUT2D eigenvalue weighted by atomic mass is 16.5.